The summed E-state index contributed by atoms with van der Waals surface area (Å²) in [6, 6.07) is 1.20. The summed E-state index contributed by atoms with van der Waals surface area (Å²) in [5.74, 6) is 0.910. The Morgan fingerprint density at radius 2 is 2.27 bits per heavy atom. The third kappa shape index (κ3) is 3.21. The molecular weight excluding hydrogens is 136 g/mol. The van der Waals surface area contributed by atoms with Crippen molar-refractivity contribution in [2.24, 2.45) is 11.7 Å². The van der Waals surface area contributed by atoms with E-state index in [9.17, 15) is 0 Å². The molecule has 0 bridgehead atoms. The first kappa shape index (κ1) is 9.01. The van der Waals surface area contributed by atoms with Gasteiger partial charge in [-0.1, -0.05) is 13.8 Å². The van der Waals surface area contributed by atoms with E-state index in [1.807, 2.05) is 0 Å². The van der Waals surface area contributed by atoms with Crippen molar-refractivity contribution in [3.8, 4) is 0 Å². The lowest BCUT2D eigenvalue weighted by Gasteiger charge is -2.08. The highest BCUT2D eigenvalue weighted by Crippen LogP contribution is 2.28. The Labute approximate surface area is 69.5 Å². The average molecular weight is 156 g/mol. The highest BCUT2D eigenvalue weighted by molar-refractivity contribution is 4.89. The summed E-state index contributed by atoms with van der Waals surface area (Å²) in [6.07, 6.45) is 3.59. The minimum Gasteiger partial charge on any atom is -0.328 e. The Morgan fingerprint density at radius 3 is 2.73 bits per heavy atom. The smallest absolute Gasteiger partial charge is 0.00963 e. The number of hydrogen-bond acceptors (Lipinski definition) is 2. The van der Waals surface area contributed by atoms with E-state index in [4.69, 9.17) is 5.73 Å². The normalized spacial score (nSPS) is 31.9. The van der Waals surface area contributed by atoms with Gasteiger partial charge in [0.1, 0.15) is 0 Å². The summed E-state index contributed by atoms with van der Waals surface area (Å²) in [6.45, 7) is 5.53. The molecule has 0 spiro atoms. The van der Waals surface area contributed by atoms with Gasteiger partial charge in [-0.05, 0) is 31.7 Å². The van der Waals surface area contributed by atoms with Crippen molar-refractivity contribution in [1.82, 2.24) is 5.32 Å². The van der Waals surface area contributed by atoms with E-state index >= 15 is 0 Å². The average Bonchev–Trinajstić information content (AvgIpc) is 2.66. The van der Waals surface area contributed by atoms with Gasteiger partial charge < -0.3 is 11.1 Å². The van der Waals surface area contributed by atoms with Gasteiger partial charge in [0.2, 0.25) is 0 Å². The van der Waals surface area contributed by atoms with E-state index in [1.54, 1.807) is 0 Å². The monoisotopic (exact) mass is 156 g/mol. The first-order chi connectivity index (χ1) is 5.24. The lowest BCUT2D eigenvalue weighted by molar-refractivity contribution is 0.540. The van der Waals surface area contributed by atoms with Crippen LogP contribution in [-0.4, -0.2) is 18.6 Å². The molecule has 1 fully saturated rings. The van der Waals surface area contributed by atoms with Crippen molar-refractivity contribution in [3.63, 3.8) is 0 Å². The quantitative estimate of drug-likeness (QED) is 0.626. The van der Waals surface area contributed by atoms with Crippen molar-refractivity contribution in [2.45, 2.75) is 45.2 Å². The van der Waals surface area contributed by atoms with E-state index in [0.29, 0.717) is 6.04 Å². The second-order valence-corrected chi connectivity index (χ2v) is 3.73. The van der Waals surface area contributed by atoms with Crippen LogP contribution >= 0.6 is 0 Å². The topological polar surface area (TPSA) is 38.0 Å². The van der Waals surface area contributed by atoms with Gasteiger partial charge in [0, 0.05) is 12.1 Å². The molecule has 0 amide bonds. The van der Waals surface area contributed by atoms with Crippen LogP contribution in [0.4, 0.5) is 0 Å². The van der Waals surface area contributed by atoms with Crippen LogP contribution in [0, 0.1) is 5.92 Å². The maximum Gasteiger partial charge on any atom is 0.00963 e. The van der Waals surface area contributed by atoms with E-state index < -0.39 is 0 Å². The molecule has 0 aliphatic heterocycles. The molecule has 0 aromatic heterocycles. The molecule has 0 aromatic carbocycles. The molecule has 1 rings (SSSR count). The molecule has 1 saturated carbocycles. The van der Waals surface area contributed by atoms with Gasteiger partial charge in [0.05, 0.1) is 0 Å². The first-order valence-electron chi connectivity index (χ1n) is 4.73. The SMILES string of the molecule is CCC(N)CCNC1CC1C. The van der Waals surface area contributed by atoms with Crippen molar-refractivity contribution >= 4 is 0 Å². The van der Waals surface area contributed by atoms with Gasteiger partial charge in [0.25, 0.3) is 0 Å². The lowest BCUT2D eigenvalue weighted by atomic mass is 10.2. The van der Waals surface area contributed by atoms with Gasteiger partial charge >= 0.3 is 0 Å². The fourth-order valence-electron chi connectivity index (χ4n) is 1.26. The molecule has 1 aliphatic carbocycles. The zero-order valence-electron chi connectivity index (χ0n) is 7.64. The molecule has 2 heteroatoms. The summed E-state index contributed by atoms with van der Waals surface area (Å²) in [7, 11) is 0. The first-order valence-corrected chi connectivity index (χ1v) is 4.73. The molecule has 0 saturated heterocycles. The lowest BCUT2D eigenvalue weighted by Crippen LogP contribution is -2.27. The molecule has 2 nitrogen and oxygen atoms in total. The zero-order valence-corrected chi connectivity index (χ0v) is 7.64. The number of hydrogen-bond donors (Lipinski definition) is 2. The van der Waals surface area contributed by atoms with Crippen LogP contribution in [0.3, 0.4) is 0 Å². The summed E-state index contributed by atoms with van der Waals surface area (Å²) >= 11 is 0. The van der Waals surface area contributed by atoms with Crippen LogP contribution in [0.15, 0.2) is 0 Å². The van der Waals surface area contributed by atoms with E-state index in [1.165, 1.54) is 6.42 Å². The van der Waals surface area contributed by atoms with Crippen LogP contribution < -0.4 is 11.1 Å². The number of nitrogens with two attached hydrogens (primary N) is 1. The van der Waals surface area contributed by atoms with Crippen molar-refractivity contribution in [3.05, 3.63) is 0 Å². The summed E-state index contributed by atoms with van der Waals surface area (Å²) in [4.78, 5) is 0. The van der Waals surface area contributed by atoms with Crippen LogP contribution in [0.1, 0.15) is 33.1 Å². The van der Waals surface area contributed by atoms with Crippen molar-refractivity contribution < 1.29 is 0 Å². The second kappa shape index (κ2) is 4.07. The molecular formula is C9H20N2. The van der Waals surface area contributed by atoms with Crippen LogP contribution in [0.5, 0.6) is 0 Å². The van der Waals surface area contributed by atoms with Crippen LogP contribution in [0.25, 0.3) is 0 Å². The molecule has 3 N–H and O–H groups in total. The third-order valence-corrected chi connectivity index (χ3v) is 2.56. The molecule has 11 heavy (non-hydrogen) atoms. The van der Waals surface area contributed by atoms with Gasteiger partial charge in [-0.15, -0.1) is 0 Å². The Hall–Kier alpha value is -0.0800. The van der Waals surface area contributed by atoms with Gasteiger partial charge in [-0.25, -0.2) is 0 Å². The highest BCUT2D eigenvalue weighted by Gasteiger charge is 2.31. The maximum absolute atomic E-state index is 5.77. The van der Waals surface area contributed by atoms with Crippen molar-refractivity contribution in [1.29, 1.82) is 0 Å². The predicted octanol–water partition coefficient (Wildman–Crippen LogP) is 1.11. The third-order valence-electron chi connectivity index (χ3n) is 2.56. The number of rotatable bonds is 5. The van der Waals surface area contributed by atoms with E-state index in [0.717, 1.165) is 31.3 Å². The molecule has 0 heterocycles. The Balaban J connectivity index is 1.88. The number of nitrogens with one attached hydrogen (secondary N) is 1. The van der Waals surface area contributed by atoms with Gasteiger partial charge in [-0.2, -0.15) is 0 Å². The standard InChI is InChI=1S/C9H20N2/c1-3-8(10)4-5-11-9-6-7(9)2/h7-9,11H,3-6,10H2,1-2H3. The van der Waals surface area contributed by atoms with Gasteiger partial charge in [0.15, 0.2) is 0 Å². The van der Waals surface area contributed by atoms with Crippen molar-refractivity contribution in [2.75, 3.05) is 6.54 Å². The van der Waals surface area contributed by atoms with E-state index in [2.05, 4.69) is 19.2 Å². The van der Waals surface area contributed by atoms with Gasteiger partial charge in [-0.3, -0.25) is 0 Å². The summed E-state index contributed by atoms with van der Waals surface area (Å²) < 4.78 is 0. The fraction of sp³-hybridized carbons (Fsp3) is 1.00. The summed E-state index contributed by atoms with van der Waals surface area (Å²) in [5.41, 5.74) is 5.77. The van der Waals surface area contributed by atoms with Crippen LogP contribution in [-0.2, 0) is 0 Å². The zero-order chi connectivity index (χ0) is 8.27. The van der Waals surface area contributed by atoms with Crippen LogP contribution in [0.2, 0.25) is 0 Å². The summed E-state index contributed by atoms with van der Waals surface area (Å²) in [5, 5.41) is 3.49. The highest BCUT2D eigenvalue weighted by atomic mass is 15.0. The Bertz CT molecular complexity index is 110. The fourth-order valence-corrected chi connectivity index (χ4v) is 1.26. The minimum absolute atomic E-state index is 0.400. The van der Waals surface area contributed by atoms with E-state index in [-0.39, 0.29) is 0 Å². The molecule has 3 unspecified atom stereocenters. The second-order valence-electron chi connectivity index (χ2n) is 3.73. The minimum atomic E-state index is 0.400. The Morgan fingerprint density at radius 1 is 1.64 bits per heavy atom. The molecule has 0 radical (unpaired) electrons. The Kier molecular flexibility index (Phi) is 3.34. The largest absolute Gasteiger partial charge is 0.328 e. The predicted molar refractivity (Wildman–Crippen MR) is 48.5 cm³/mol. The molecule has 1 aliphatic rings. The molecule has 0 aromatic rings. The molecule has 66 valence electrons. The molecule has 3 atom stereocenters. The maximum atomic E-state index is 5.77.